The van der Waals surface area contributed by atoms with Crippen molar-refractivity contribution in [3.05, 3.63) is 35.4 Å². The third-order valence-corrected chi connectivity index (χ3v) is 3.00. The van der Waals surface area contributed by atoms with E-state index in [4.69, 9.17) is 0 Å². The second-order valence-corrected chi connectivity index (χ2v) is 4.87. The minimum absolute atomic E-state index is 0.202. The summed E-state index contributed by atoms with van der Waals surface area (Å²) in [6, 6.07) is 4.57. The van der Waals surface area contributed by atoms with Gasteiger partial charge in [-0.2, -0.15) is 0 Å². The fourth-order valence-corrected chi connectivity index (χ4v) is 1.85. The highest BCUT2D eigenvalue weighted by Crippen LogP contribution is 2.16. The number of benzene rings is 1. The Morgan fingerprint density at radius 1 is 1.18 bits per heavy atom. The maximum absolute atomic E-state index is 13.5. The molecule has 96 valence electrons. The molecule has 0 saturated heterocycles. The predicted molar refractivity (Wildman–Crippen MR) is 67.0 cm³/mol. The zero-order valence-electron chi connectivity index (χ0n) is 10.8. The maximum atomic E-state index is 13.5. The van der Waals surface area contributed by atoms with Gasteiger partial charge in [-0.1, -0.05) is 26.0 Å². The number of nitrogens with one attached hydrogen (secondary N) is 1. The summed E-state index contributed by atoms with van der Waals surface area (Å²) in [7, 11) is 1.86. The average molecular weight is 241 g/mol. The van der Waals surface area contributed by atoms with E-state index in [1.54, 1.807) is 12.1 Å². The van der Waals surface area contributed by atoms with E-state index in [-0.39, 0.29) is 6.04 Å². The van der Waals surface area contributed by atoms with Crippen LogP contribution in [0.4, 0.5) is 8.78 Å². The summed E-state index contributed by atoms with van der Waals surface area (Å²) in [5.74, 6) is -0.846. The fourth-order valence-electron chi connectivity index (χ4n) is 1.85. The Kier molecular flexibility index (Phi) is 5.56. The first-order chi connectivity index (χ1) is 8.04. The molecule has 0 spiro atoms. The highest BCUT2D eigenvalue weighted by Gasteiger charge is 2.13. The van der Waals surface area contributed by atoms with Gasteiger partial charge < -0.3 is 5.32 Å². The predicted octanol–water partition coefficient (Wildman–Crippen LogP) is 3.53. The van der Waals surface area contributed by atoms with Crippen molar-refractivity contribution in [1.82, 2.24) is 5.32 Å². The summed E-state index contributed by atoms with van der Waals surface area (Å²) >= 11 is 0. The van der Waals surface area contributed by atoms with Gasteiger partial charge in [0.1, 0.15) is 0 Å². The van der Waals surface area contributed by atoms with Crippen LogP contribution in [0.15, 0.2) is 18.2 Å². The van der Waals surface area contributed by atoms with Crippen LogP contribution in [0.5, 0.6) is 0 Å². The van der Waals surface area contributed by atoms with Crippen molar-refractivity contribution in [3.63, 3.8) is 0 Å². The Balaban J connectivity index is 2.64. The smallest absolute Gasteiger partial charge is 0.162 e. The van der Waals surface area contributed by atoms with Crippen LogP contribution in [-0.2, 0) is 6.42 Å². The molecule has 0 aromatic heterocycles. The molecule has 0 amide bonds. The van der Waals surface area contributed by atoms with Gasteiger partial charge in [-0.05, 0) is 43.9 Å². The van der Waals surface area contributed by atoms with Gasteiger partial charge >= 0.3 is 0 Å². The van der Waals surface area contributed by atoms with Gasteiger partial charge in [0.15, 0.2) is 11.6 Å². The number of rotatable bonds is 6. The molecule has 1 aromatic carbocycles. The zero-order valence-corrected chi connectivity index (χ0v) is 10.8. The Labute approximate surface area is 102 Å². The minimum atomic E-state index is -0.763. The van der Waals surface area contributed by atoms with Gasteiger partial charge in [0.2, 0.25) is 0 Å². The van der Waals surface area contributed by atoms with Crippen molar-refractivity contribution in [1.29, 1.82) is 0 Å². The third-order valence-electron chi connectivity index (χ3n) is 3.00. The van der Waals surface area contributed by atoms with Crippen LogP contribution in [0.3, 0.4) is 0 Å². The Hall–Kier alpha value is -0.960. The van der Waals surface area contributed by atoms with Crippen molar-refractivity contribution in [2.24, 2.45) is 5.92 Å². The minimum Gasteiger partial charge on any atom is -0.317 e. The molecule has 17 heavy (non-hydrogen) atoms. The second kappa shape index (κ2) is 6.70. The van der Waals surface area contributed by atoms with Crippen molar-refractivity contribution < 1.29 is 8.78 Å². The Bertz CT molecular complexity index is 350. The van der Waals surface area contributed by atoms with Crippen LogP contribution in [-0.4, -0.2) is 13.1 Å². The molecule has 0 bridgehead atoms. The largest absolute Gasteiger partial charge is 0.317 e. The van der Waals surface area contributed by atoms with Gasteiger partial charge in [0, 0.05) is 6.04 Å². The topological polar surface area (TPSA) is 12.0 Å². The summed E-state index contributed by atoms with van der Waals surface area (Å²) < 4.78 is 26.5. The highest BCUT2D eigenvalue weighted by molar-refractivity contribution is 5.20. The molecule has 1 aromatic rings. The molecule has 1 unspecified atom stereocenters. The van der Waals surface area contributed by atoms with E-state index in [9.17, 15) is 8.78 Å². The zero-order chi connectivity index (χ0) is 12.8. The molecule has 1 atom stereocenters. The Morgan fingerprint density at radius 3 is 2.47 bits per heavy atom. The lowest BCUT2D eigenvalue weighted by Crippen LogP contribution is -2.28. The first-order valence-electron chi connectivity index (χ1n) is 6.14. The summed E-state index contributed by atoms with van der Waals surface area (Å²) in [6.07, 6.45) is 2.60. The number of likely N-dealkylation sites (N-methyl/N-ethyl adjacent to an activating group) is 1. The molecule has 1 nitrogen and oxygen atoms in total. The molecule has 1 rings (SSSR count). The van der Waals surface area contributed by atoms with E-state index in [1.165, 1.54) is 0 Å². The lowest BCUT2D eigenvalue weighted by Gasteiger charge is -2.17. The lowest BCUT2D eigenvalue weighted by atomic mass is 9.97. The van der Waals surface area contributed by atoms with Crippen LogP contribution in [0.25, 0.3) is 0 Å². The van der Waals surface area contributed by atoms with E-state index >= 15 is 0 Å². The highest BCUT2D eigenvalue weighted by atomic mass is 19.2. The summed E-state index contributed by atoms with van der Waals surface area (Å²) in [5, 5.41) is 3.16. The van der Waals surface area contributed by atoms with Crippen molar-refractivity contribution in [2.75, 3.05) is 7.05 Å². The summed E-state index contributed by atoms with van der Waals surface area (Å²) in [6.45, 7) is 4.32. The molecule has 0 aliphatic heterocycles. The van der Waals surface area contributed by atoms with Crippen LogP contribution in [0.2, 0.25) is 0 Å². The van der Waals surface area contributed by atoms with Gasteiger partial charge in [0.05, 0.1) is 0 Å². The van der Waals surface area contributed by atoms with Gasteiger partial charge in [-0.3, -0.25) is 0 Å². The average Bonchev–Trinajstić information content (AvgIpc) is 2.29. The number of hydrogen-bond donors (Lipinski definition) is 1. The van der Waals surface area contributed by atoms with Crippen LogP contribution in [0, 0.1) is 17.6 Å². The van der Waals surface area contributed by atoms with E-state index in [0.717, 1.165) is 18.9 Å². The Morgan fingerprint density at radius 2 is 1.88 bits per heavy atom. The fraction of sp³-hybridized carbons (Fsp3) is 0.571. The van der Waals surface area contributed by atoms with E-state index in [0.29, 0.717) is 17.9 Å². The standard InChI is InChI=1S/C14H21F2N/c1-10(2)7-8-12(17-3)9-11-5-4-6-13(15)14(11)16/h4-6,10,12,17H,7-9H2,1-3H3. The van der Waals surface area contributed by atoms with Crippen molar-refractivity contribution in [2.45, 2.75) is 39.2 Å². The molecule has 0 aliphatic rings. The van der Waals surface area contributed by atoms with Crippen LogP contribution in [0.1, 0.15) is 32.3 Å². The van der Waals surface area contributed by atoms with Gasteiger partial charge in [0.25, 0.3) is 0 Å². The summed E-state index contributed by atoms with van der Waals surface area (Å²) in [4.78, 5) is 0. The molecule has 0 saturated carbocycles. The normalized spacial score (nSPS) is 13.1. The molecule has 1 N–H and O–H groups in total. The second-order valence-electron chi connectivity index (χ2n) is 4.87. The lowest BCUT2D eigenvalue weighted by molar-refractivity contribution is 0.437. The van der Waals surface area contributed by atoms with E-state index in [1.807, 2.05) is 7.05 Å². The molecule has 0 fully saturated rings. The molecule has 0 aliphatic carbocycles. The van der Waals surface area contributed by atoms with Gasteiger partial charge in [-0.15, -0.1) is 0 Å². The van der Waals surface area contributed by atoms with Gasteiger partial charge in [-0.25, -0.2) is 8.78 Å². The first-order valence-corrected chi connectivity index (χ1v) is 6.14. The molecule has 0 radical (unpaired) electrons. The maximum Gasteiger partial charge on any atom is 0.162 e. The molecular formula is C14H21F2N. The monoisotopic (exact) mass is 241 g/mol. The molecule has 0 heterocycles. The summed E-state index contributed by atoms with van der Waals surface area (Å²) in [5.41, 5.74) is 0.452. The SMILES string of the molecule is CNC(CCC(C)C)Cc1cccc(F)c1F. The number of halogens is 2. The number of hydrogen-bond acceptors (Lipinski definition) is 1. The molecular weight excluding hydrogens is 220 g/mol. The van der Waals surface area contributed by atoms with Crippen molar-refractivity contribution in [3.8, 4) is 0 Å². The quantitative estimate of drug-likeness (QED) is 0.803. The van der Waals surface area contributed by atoms with E-state index in [2.05, 4.69) is 19.2 Å². The molecule has 3 heteroatoms. The third kappa shape index (κ3) is 4.43. The first kappa shape index (κ1) is 14.1. The van der Waals surface area contributed by atoms with Crippen molar-refractivity contribution >= 4 is 0 Å². The van der Waals surface area contributed by atoms with E-state index < -0.39 is 11.6 Å². The van der Waals surface area contributed by atoms with Crippen LogP contribution >= 0.6 is 0 Å². The van der Waals surface area contributed by atoms with Crippen LogP contribution < -0.4 is 5.32 Å².